The number of aryl methyl sites for hydroxylation is 1. The summed E-state index contributed by atoms with van der Waals surface area (Å²) in [4.78, 5) is 6.38. The Bertz CT molecular complexity index is 1380. The highest BCUT2D eigenvalue weighted by Crippen LogP contribution is 2.31. The van der Waals surface area contributed by atoms with Crippen molar-refractivity contribution >= 4 is 34.3 Å². The molecule has 5 rings (SSSR count). The molecule has 0 bridgehead atoms. The molecule has 2 heterocycles. The highest BCUT2D eigenvalue weighted by molar-refractivity contribution is 6.31. The van der Waals surface area contributed by atoms with Crippen molar-refractivity contribution in [2.45, 2.75) is 32.4 Å². The van der Waals surface area contributed by atoms with E-state index in [2.05, 4.69) is 4.98 Å². The molecule has 8 heteroatoms. The average molecular weight is 495 g/mol. The zero-order valence-corrected chi connectivity index (χ0v) is 20.0. The van der Waals surface area contributed by atoms with Crippen molar-refractivity contribution in [3.8, 4) is 5.75 Å². The maximum absolute atomic E-state index is 13.8. The molecule has 3 aromatic carbocycles. The predicted molar refractivity (Wildman–Crippen MR) is 135 cm³/mol. The first kappa shape index (κ1) is 23.3. The van der Waals surface area contributed by atoms with Crippen LogP contribution < -0.4 is 9.64 Å². The number of nitrogens with zero attached hydrogens (tertiary/aromatic N) is 3. The molecule has 1 aliphatic heterocycles. The molecule has 0 saturated carbocycles. The van der Waals surface area contributed by atoms with Crippen molar-refractivity contribution in [2.75, 3.05) is 18.0 Å². The van der Waals surface area contributed by atoms with Gasteiger partial charge in [0.1, 0.15) is 11.9 Å². The minimum atomic E-state index is -2.65. The number of imidazole rings is 1. The SMILES string of the molecule is Cc1cc(OC2CCN(c3nc4ccccc4n3C(F)F)CC2)ccc1C(=N)c1cccc(Cl)c1. The van der Waals surface area contributed by atoms with Gasteiger partial charge in [-0.15, -0.1) is 0 Å². The van der Waals surface area contributed by atoms with Gasteiger partial charge in [0.05, 0.1) is 16.7 Å². The Hall–Kier alpha value is -3.45. The summed E-state index contributed by atoms with van der Waals surface area (Å²) in [5.41, 5.74) is 3.94. The molecule has 0 atom stereocenters. The molecule has 0 spiro atoms. The van der Waals surface area contributed by atoms with Gasteiger partial charge in [-0.25, -0.2) is 4.98 Å². The fourth-order valence-electron chi connectivity index (χ4n) is 4.60. The van der Waals surface area contributed by atoms with Gasteiger partial charge in [-0.2, -0.15) is 8.78 Å². The number of rotatable bonds is 6. The average Bonchev–Trinajstić information content (AvgIpc) is 3.24. The van der Waals surface area contributed by atoms with E-state index in [1.54, 1.807) is 36.4 Å². The van der Waals surface area contributed by atoms with Gasteiger partial charge in [-0.05, 0) is 55.0 Å². The number of piperidine rings is 1. The molecule has 0 radical (unpaired) electrons. The van der Waals surface area contributed by atoms with Crippen molar-refractivity contribution in [1.82, 2.24) is 9.55 Å². The molecule has 35 heavy (non-hydrogen) atoms. The van der Waals surface area contributed by atoms with Gasteiger partial charge in [-0.1, -0.05) is 35.9 Å². The lowest BCUT2D eigenvalue weighted by Gasteiger charge is -2.33. The van der Waals surface area contributed by atoms with Crippen LogP contribution in [-0.2, 0) is 0 Å². The van der Waals surface area contributed by atoms with E-state index in [0.717, 1.165) is 27.0 Å². The van der Waals surface area contributed by atoms with Crippen LogP contribution in [0.2, 0.25) is 5.02 Å². The topological polar surface area (TPSA) is 54.1 Å². The molecule has 0 amide bonds. The lowest BCUT2D eigenvalue weighted by Crippen LogP contribution is -2.39. The maximum atomic E-state index is 13.8. The molecule has 0 aliphatic carbocycles. The normalized spacial score (nSPS) is 14.6. The Morgan fingerprint density at radius 1 is 1.06 bits per heavy atom. The number of fused-ring (bicyclic) bond motifs is 1. The molecule has 1 saturated heterocycles. The number of hydrogen-bond donors (Lipinski definition) is 1. The first-order valence-corrected chi connectivity index (χ1v) is 11.9. The predicted octanol–water partition coefficient (Wildman–Crippen LogP) is 6.86. The summed E-state index contributed by atoms with van der Waals surface area (Å²) in [6.07, 6.45) is 1.38. The van der Waals surface area contributed by atoms with E-state index >= 15 is 0 Å². The number of anilines is 1. The van der Waals surface area contributed by atoms with Crippen LogP contribution in [0.4, 0.5) is 14.7 Å². The summed E-state index contributed by atoms with van der Waals surface area (Å²) in [5, 5.41) is 9.15. The summed E-state index contributed by atoms with van der Waals surface area (Å²) in [5.74, 6) is 1.04. The summed E-state index contributed by atoms with van der Waals surface area (Å²) in [6.45, 7) is 0.464. The molecule has 1 aromatic heterocycles. The van der Waals surface area contributed by atoms with E-state index in [1.165, 1.54) is 0 Å². The van der Waals surface area contributed by atoms with Crippen LogP contribution in [0.15, 0.2) is 66.7 Å². The molecular weight excluding hydrogens is 470 g/mol. The standard InChI is InChI=1S/C27H25ClF2N4O/c1-17-15-21(9-10-22(17)25(31)18-5-4-6-19(28)16-18)35-20-11-13-33(14-12-20)27-32-23-7-2-3-8-24(23)34(27)26(29)30/h2-10,15-16,20,26,31H,11-14H2,1H3. The van der Waals surface area contributed by atoms with Gasteiger partial charge in [0.25, 0.3) is 0 Å². The monoisotopic (exact) mass is 494 g/mol. The van der Waals surface area contributed by atoms with E-state index in [1.807, 2.05) is 42.2 Å². The van der Waals surface area contributed by atoms with Gasteiger partial charge in [0.2, 0.25) is 5.95 Å². The maximum Gasteiger partial charge on any atom is 0.321 e. The lowest BCUT2D eigenvalue weighted by atomic mass is 9.98. The van der Waals surface area contributed by atoms with Crippen molar-refractivity contribution in [2.24, 2.45) is 0 Å². The number of aromatic nitrogens is 2. The van der Waals surface area contributed by atoms with Crippen molar-refractivity contribution in [3.63, 3.8) is 0 Å². The largest absolute Gasteiger partial charge is 0.490 e. The van der Waals surface area contributed by atoms with Crippen molar-refractivity contribution < 1.29 is 13.5 Å². The molecule has 180 valence electrons. The van der Waals surface area contributed by atoms with E-state index < -0.39 is 6.55 Å². The van der Waals surface area contributed by atoms with Crippen LogP contribution in [0.1, 0.15) is 36.1 Å². The van der Waals surface area contributed by atoms with E-state index in [0.29, 0.717) is 53.6 Å². The third-order valence-electron chi connectivity index (χ3n) is 6.38. The zero-order valence-electron chi connectivity index (χ0n) is 19.2. The van der Waals surface area contributed by atoms with Gasteiger partial charge < -0.3 is 9.64 Å². The highest BCUT2D eigenvalue weighted by atomic mass is 35.5. The molecule has 0 unspecified atom stereocenters. The van der Waals surface area contributed by atoms with E-state index in [4.69, 9.17) is 21.7 Å². The second kappa shape index (κ2) is 9.66. The first-order chi connectivity index (χ1) is 16.9. The molecule has 4 aromatic rings. The Labute approximate surface area is 207 Å². The summed E-state index contributed by atoms with van der Waals surface area (Å²) in [6, 6.07) is 20.0. The Morgan fingerprint density at radius 2 is 1.83 bits per heavy atom. The number of ether oxygens (including phenoxy) is 1. The molecule has 1 fully saturated rings. The quantitative estimate of drug-likeness (QED) is 0.298. The van der Waals surface area contributed by atoms with Gasteiger partial charge in [0, 0.05) is 42.1 Å². The van der Waals surface area contributed by atoms with Crippen molar-refractivity contribution in [3.05, 3.63) is 88.4 Å². The number of nitrogens with one attached hydrogen (secondary N) is 1. The Morgan fingerprint density at radius 3 is 2.54 bits per heavy atom. The third-order valence-corrected chi connectivity index (χ3v) is 6.62. The number of halogens is 3. The van der Waals surface area contributed by atoms with Crippen LogP contribution >= 0.6 is 11.6 Å². The Balaban J connectivity index is 1.26. The smallest absolute Gasteiger partial charge is 0.321 e. The molecule has 1 aliphatic rings. The zero-order chi connectivity index (χ0) is 24.5. The minimum absolute atomic E-state index is 0.0201. The van der Waals surface area contributed by atoms with Crippen LogP contribution in [0, 0.1) is 12.3 Å². The number of alkyl halides is 2. The molecule has 5 nitrogen and oxygen atoms in total. The summed E-state index contributed by atoms with van der Waals surface area (Å²) >= 11 is 6.08. The molecular formula is C27H25ClF2N4O. The highest BCUT2D eigenvalue weighted by Gasteiger charge is 2.27. The van der Waals surface area contributed by atoms with Crippen LogP contribution in [0.5, 0.6) is 5.75 Å². The minimum Gasteiger partial charge on any atom is -0.490 e. The van der Waals surface area contributed by atoms with E-state index in [9.17, 15) is 8.78 Å². The number of benzene rings is 3. The van der Waals surface area contributed by atoms with Crippen LogP contribution in [-0.4, -0.2) is 34.5 Å². The fourth-order valence-corrected chi connectivity index (χ4v) is 4.79. The fraction of sp³-hybridized carbons (Fsp3) is 0.259. The van der Waals surface area contributed by atoms with Crippen LogP contribution in [0.25, 0.3) is 11.0 Å². The second-order valence-corrected chi connectivity index (χ2v) is 9.15. The molecule has 1 N–H and O–H groups in total. The van der Waals surface area contributed by atoms with E-state index in [-0.39, 0.29) is 6.10 Å². The van der Waals surface area contributed by atoms with Crippen molar-refractivity contribution in [1.29, 1.82) is 5.41 Å². The first-order valence-electron chi connectivity index (χ1n) is 11.5. The number of para-hydroxylation sites is 2. The lowest BCUT2D eigenvalue weighted by molar-refractivity contribution is 0.0752. The number of hydrogen-bond acceptors (Lipinski definition) is 4. The van der Waals surface area contributed by atoms with Gasteiger partial charge in [-0.3, -0.25) is 9.98 Å². The summed E-state index contributed by atoms with van der Waals surface area (Å²) < 4.78 is 34.9. The summed E-state index contributed by atoms with van der Waals surface area (Å²) in [7, 11) is 0. The Kier molecular flexibility index (Phi) is 6.43. The van der Waals surface area contributed by atoms with Crippen LogP contribution in [0.3, 0.4) is 0 Å². The second-order valence-electron chi connectivity index (χ2n) is 8.71. The van der Waals surface area contributed by atoms with Gasteiger partial charge >= 0.3 is 6.55 Å². The van der Waals surface area contributed by atoms with Gasteiger partial charge in [0.15, 0.2) is 0 Å². The third kappa shape index (κ3) is 4.73.